The van der Waals surface area contributed by atoms with E-state index in [-0.39, 0.29) is 18.2 Å². The van der Waals surface area contributed by atoms with Gasteiger partial charge in [-0.15, -0.1) is 0 Å². The fourth-order valence-electron chi connectivity index (χ4n) is 8.30. The summed E-state index contributed by atoms with van der Waals surface area (Å²) in [6.07, 6.45) is 6.80. The predicted molar refractivity (Wildman–Crippen MR) is 222 cm³/mol. The summed E-state index contributed by atoms with van der Waals surface area (Å²) in [5.41, 5.74) is 5.34. The summed E-state index contributed by atoms with van der Waals surface area (Å²) >= 11 is 3.73. The van der Waals surface area contributed by atoms with Crippen LogP contribution in [-0.4, -0.2) is 61.0 Å². The number of benzene rings is 3. The zero-order chi connectivity index (χ0) is 39.0. The van der Waals surface area contributed by atoms with Crippen LogP contribution in [0.1, 0.15) is 49.4 Å². The van der Waals surface area contributed by atoms with Gasteiger partial charge in [0.1, 0.15) is 40.7 Å². The van der Waals surface area contributed by atoms with E-state index in [0.717, 1.165) is 91.3 Å². The molecule has 56 heavy (non-hydrogen) atoms. The van der Waals surface area contributed by atoms with E-state index in [1.165, 1.54) is 5.56 Å². The van der Waals surface area contributed by atoms with Crippen molar-refractivity contribution in [2.75, 3.05) is 39.1 Å². The highest BCUT2D eigenvalue weighted by atomic mass is 79.9. The summed E-state index contributed by atoms with van der Waals surface area (Å²) in [4.78, 5) is 9.75. The molecule has 2 fully saturated rings. The molecule has 11 nitrogen and oxygen atoms in total. The van der Waals surface area contributed by atoms with Crippen LogP contribution in [0.2, 0.25) is 0 Å². The van der Waals surface area contributed by atoms with E-state index in [0.29, 0.717) is 19.0 Å². The molecule has 0 unspecified atom stereocenters. The summed E-state index contributed by atoms with van der Waals surface area (Å²) < 4.78 is 38.5. The highest BCUT2D eigenvalue weighted by molar-refractivity contribution is 9.10. The maximum absolute atomic E-state index is 6.65. The summed E-state index contributed by atoms with van der Waals surface area (Å²) in [7, 11) is 6.64. The molecule has 12 heteroatoms. The number of hydrogen-bond donors (Lipinski definition) is 2. The molecule has 1 saturated carbocycles. The Bertz CT molecular complexity index is 2360. The summed E-state index contributed by atoms with van der Waals surface area (Å²) in [5.74, 6) is 4.30. The van der Waals surface area contributed by atoms with Crippen LogP contribution < -0.4 is 29.6 Å². The number of methoxy groups -OCH3 is 4. The third-order valence-corrected chi connectivity index (χ3v) is 11.7. The molecule has 0 spiro atoms. The first kappa shape index (κ1) is 37.9. The van der Waals surface area contributed by atoms with Crippen LogP contribution in [0.5, 0.6) is 23.0 Å². The van der Waals surface area contributed by atoms with Gasteiger partial charge in [0.15, 0.2) is 5.79 Å². The van der Waals surface area contributed by atoms with Crippen molar-refractivity contribution in [1.82, 2.24) is 14.5 Å². The number of aryl methyl sites for hydroxylation is 1. The van der Waals surface area contributed by atoms with Gasteiger partial charge in [-0.2, -0.15) is 0 Å². The standard InChI is InChI=1S/C44H48BrN5O6/c1-44(2)55-40-28(10-8-26-7-9-27-20-34(45)43(49-35(27)19-26)48-25-30-12-14-32(52-4)23-39(30)54-6)21-37(41(40)56-44)50-18-16-33-36(50)15-17-46-42(33)47-24-29-11-13-31(51-3)22-38(29)53-5/h7,9,11-20,22-23,28,37,40-41H,8,10,21,24-25H2,1-6H3,(H,46,47)(H,48,49)/t28-,37+,40+,41-/m0/s1. The fourth-order valence-corrected chi connectivity index (χ4v) is 8.78. The van der Waals surface area contributed by atoms with Crippen LogP contribution in [0.4, 0.5) is 11.6 Å². The minimum absolute atomic E-state index is 0.00490. The van der Waals surface area contributed by atoms with Crippen molar-refractivity contribution in [2.45, 2.75) is 70.2 Å². The van der Waals surface area contributed by atoms with Crippen molar-refractivity contribution in [1.29, 1.82) is 0 Å². The second-order valence-electron chi connectivity index (χ2n) is 14.9. The first-order valence-electron chi connectivity index (χ1n) is 19.0. The SMILES string of the molecule is COc1ccc(CNc2nc3cc(CC[C@H]4C[C@@H](n5ccc6c(NCc7ccc(OC)cc7OC)nccc65)[C@@H]5OC(C)(C)O[C@H]45)ccc3cc2Br)c(OC)c1. The lowest BCUT2D eigenvalue weighted by atomic mass is 9.95. The Morgan fingerprint density at radius 2 is 1.46 bits per heavy atom. The van der Waals surface area contributed by atoms with Gasteiger partial charge >= 0.3 is 0 Å². The molecule has 1 saturated heterocycles. The molecule has 2 N–H and O–H groups in total. The Kier molecular flexibility index (Phi) is 10.7. The number of ether oxygens (including phenoxy) is 6. The number of nitrogens with one attached hydrogen (secondary N) is 2. The second kappa shape index (κ2) is 15.8. The maximum Gasteiger partial charge on any atom is 0.163 e. The first-order valence-corrected chi connectivity index (χ1v) is 19.8. The molecule has 6 aromatic rings. The highest BCUT2D eigenvalue weighted by Gasteiger charge is 2.54. The Balaban J connectivity index is 0.979. The second-order valence-corrected chi connectivity index (χ2v) is 15.7. The molecule has 2 aliphatic rings. The van der Waals surface area contributed by atoms with Crippen LogP contribution >= 0.6 is 15.9 Å². The third-order valence-electron chi connectivity index (χ3n) is 11.1. The van der Waals surface area contributed by atoms with Gasteiger partial charge in [0, 0.05) is 59.5 Å². The van der Waals surface area contributed by atoms with Crippen LogP contribution in [0.15, 0.2) is 89.7 Å². The topological polar surface area (TPSA) is 110 Å². The lowest BCUT2D eigenvalue weighted by Gasteiger charge is -2.25. The molecule has 3 aromatic heterocycles. The number of halogens is 1. The largest absolute Gasteiger partial charge is 0.497 e. The maximum atomic E-state index is 6.65. The molecular weight excluding hydrogens is 774 g/mol. The average molecular weight is 823 g/mol. The number of hydrogen-bond acceptors (Lipinski definition) is 10. The van der Waals surface area contributed by atoms with Gasteiger partial charge in [0.05, 0.1) is 56.1 Å². The Hall–Kier alpha value is -5.04. The van der Waals surface area contributed by atoms with Gasteiger partial charge in [0.2, 0.25) is 0 Å². The van der Waals surface area contributed by atoms with Crippen LogP contribution in [-0.2, 0) is 29.0 Å². The van der Waals surface area contributed by atoms with E-state index in [9.17, 15) is 0 Å². The summed E-state index contributed by atoms with van der Waals surface area (Å²) in [6.45, 7) is 5.16. The number of aromatic nitrogens is 3. The Morgan fingerprint density at radius 3 is 2.14 bits per heavy atom. The Morgan fingerprint density at radius 1 is 0.786 bits per heavy atom. The lowest BCUT2D eigenvalue weighted by Crippen LogP contribution is -2.27. The molecule has 1 aliphatic heterocycles. The van der Waals surface area contributed by atoms with Gasteiger partial charge in [-0.3, -0.25) is 0 Å². The molecule has 0 bridgehead atoms. The van der Waals surface area contributed by atoms with Crippen molar-refractivity contribution in [3.05, 3.63) is 106 Å². The molecular formula is C44H48BrN5O6. The highest BCUT2D eigenvalue weighted by Crippen LogP contribution is 2.49. The van der Waals surface area contributed by atoms with Crippen molar-refractivity contribution >= 4 is 49.4 Å². The van der Waals surface area contributed by atoms with Gasteiger partial charge in [-0.25, -0.2) is 9.97 Å². The van der Waals surface area contributed by atoms with Gasteiger partial charge in [0.25, 0.3) is 0 Å². The van der Waals surface area contributed by atoms with Crippen LogP contribution in [0, 0.1) is 5.92 Å². The number of anilines is 2. The quantitative estimate of drug-likeness (QED) is 0.110. The van der Waals surface area contributed by atoms with E-state index in [2.05, 4.69) is 73.7 Å². The minimum Gasteiger partial charge on any atom is -0.497 e. The number of fused-ring (bicyclic) bond motifs is 3. The molecule has 292 valence electrons. The molecule has 1 aliphatic carbocycles. The predicted octanol–water partition coefficient (Wildman–Crippen LogP) is 9.32. The minimum atomic E-state index is -0.652. The smallest absolute Gasteiger partial charge is 0.163 e. The fraction of sp³-hybridized carbons (Fsp3) is 0.364. The van der Waals surface area contributed by atoms with Gasteiger partial charge < -0.3 is 43.6 Å². The van der Waals surface area contributed by atoms with E-state index in [1.54, 1.807) is 28.4 Å². The van der Waals surface area contributed by atoms with Crippen LogP contribution in [0.25, 0.3) is 21.8 Å². The van der Waals surface area contributed by atoms with Gasteiger partial charge in [-0.05, 0) is 109 Å². The van der Waals surface area contributed by atoms with Crippen molar-refractivity contribution in [3.8, 4) is 23.0 Å². The number of rotatable bonds is 14. The number of nitrogens with zero attached hydrogens (tertiary/aromatic N) is 3. The Labute approximate surface area is 335 Å². The molecule has 8 rings (SSSR count). The van der Waals surface area contributed by atoms with E-state index >= 15 is 0 Å². The lowest BCUT2D eigenvalue weighted by molar-refractivity contribution is -0.160. The molecule has 4 atom stereocenters. The van der Waals surface area contributed by atoms with E-state index < -0.39 is 5.79 Å². The number of pyridine rings is 2. The van der Waals surface area contributed by atoms with Crippen molar-refractivity contribution in [2.24, 2.45) is 5.92 Å². The summed E-state index contributed by atoms with van der Waals surface area (Å²) in [6, 6.07) is 24.7. The van der Waals surface area contributed by atoms with E-state index in [1.807, 2.05) is 56.4 Å². The molecule has 0 radical (unpaired) electrons. The van der Waals surface area contributed by atoms with Crippen LogP contribution in [0.3, 0.4) is 0 Å². The average Bonchev–Trinajstić information content (AvgIpc) is 3.88. The van der Waals surface area contributed by atoms with Crippen molar-refractivity contribution < 1.29 is 28.4 Å². The monoisotopic (exact) mass is 821 g/mol. The first-order chi connectivity index (χ1) is 27.2. The normalized spacial score (nSPS) is 19.9. The van der Waals surface area contributed by atoms with Gasteiger partial charge in [-0.1, -0.05) is 12.1 Å². The molecule has 0 amide bonds. The van der Waals surface area contributed by atoms with Crippen molar-refractivity contribution in [3.63, 3.8) is 0 Å². The zero-order valence-corrected chi connectivity index (χ0v) is 34.2. The van der Waals surface area contributed by atoms with E-state index in [4.69, 9.17) is 38.4 Å². The third kappa shape index (κ3) is 7.57. The summed E-state index contributed by atoms with van der Waals surface area (Å²) in [5, 5.41) is 9.18. The zero-order valence-electron chi connectivity index (χ0n) is 32.6. The molecule has 4 heterocycles. The molecule has 3 aromatic carbocycles.